The first-order valence-electron chi connectivity index (χ1n) is 5.04. The van der Waals surface area contributed by atoms with E-state index in [0.29, 0.717) is 5.69 Å². The number of nitrogens with zero attached hydrogens (tertiary/aromatic N) is 2. The highest BCUT2D eigenvalue weighted by molar-refractivity contribution is 9.10. The summed E-state index contributed by atoms with van der Waals surface area (Å²) in [6, 6.07) is 5.66. The van der Waals surface area contributed by atoms with Crippen molar-refractivity contribution in [2.45, 2.75) is 13.8 Å². The Balaban J connectivity index is 2.60. The van der Waals surface area contributed by atoms with Crippen LogP contribution in [0.4, 0.5) is 0 Å². The quantitative estimate of drug-likeness (QED) is 0.926. The summed E-state index contributed by atoms with van der Waals surface area (Å²) in [5.41, 5.74) is 2.55. The van der Waals surface area contributed by atoms with E-state index in [2.05, 4.69) is 20.9 Å². The van der Waals surface area contributed by atoms with Gasteiger partial charge in [0, 0.05) is 10.2 Å². The molecule has 0 radical (unpaired) electrons. The van der Waals surface area contributed by atoms with Crippen LogP contribution in [0.1, 0.15) is 21.7 Å². The van der Waals surface area contributed by atoms with Gasteiger partial charge < -0.3 is 5.11 Å². The highest BCUT2D eigenvalue weighted by atomic mass is 79.9. The van der Waals surface area contributed by atoms with Gasteiger partial charge in [-0.1, -0.05) is 15.9 Å². The number of aryl methyl sites for hydroxylation is 2. The number of imidazole rings is 1. The molecule has 88 valence electrons. The van der Waals surface area contributed by atoms with Gasteiger partial charge >= 0.3 is 5.97 Å². The maximum atomic E-state index is 11.2. The fraction of sp³-hybridized carbons (Fsp3) is 0.167. The SMILES string of the molecule is Cc1cc(-n2cnc(C)c2C(=O)O)ccc1Br. The molecule has 1 N–H and O–H groups in total. The van der Waals surface area contributed by atoms with Crippen LogP contribution in [0.15, 0.2) is 29.0 Å². The number of hydrogen-bond acceptors (Lipinski definition) is 2. The number of aromatic nitrogens is 2. The smallest absolute Gasteiger partial charge is 0.354 e. The minimum absolute atomic E-state index is 0.201. The van der Waals surface area contributed by atoms with E-state index in [0.717, 1.165) is 15.7 Å². The Labute approximate surface area is 107 Å². The molecule has 0 saturated carbocycles. The summed E-state index contributed by atoms with van der Waals surface area (Å²) in [5.74, 6) is -0.972. The number of carboxylic acid groups (broad SMARTS) is 1. The van der Waals surface area contributed by atoms with Crippen molar-refractivity contribution in [2.75, 3.05) is 0 Å². The van der Waals surface area contributed by atoms with E-state index < -0.39 is 5.97 Å². The summed E-state index contributed by atoms with van der Waals surface area (Å²) in [6.07, 6.45) is 1.53. The van der Waals surface area contributed by atoms with Crippen molar-refractivity contribution >= 4 is 21.9 Å². The van der Waals surface area contributed by atoms with E-state index in [-0.39, 0.29) is 5.69 Å². The summed E-state index contributed by atoms with van der Waals surface area (Å²) >= 11 is 3.41. The van der Waals surface area contributed by atoms with Crippen LogP contribution >= 0.6 is 15.9 Å². The Kier molecular flexibility index (Phi) is 3.02. The molecule has 0 spiro atoms. The molecule has 0 amide bonds. The monoisotopic (exact) mass is 294 g/mol. The zero-order valence-corrected chi connectivity index (χ0v) is 11.0. The van der Waals surface area contributed by atoms with Gasteiger partial charge in [0.05, 0.1) is 5.69 Å². The highest BCUT2D eigenvalue weighted by Crippen LogP contribution is 2.21. The number of carbonyl (C=O) groups is 1. The topological polar surface area (TPSA) is 55.1 Å². The van der Waals surface area contributed by atoms with Crippen LogP contribution in [0.5, 0.6) is 0 Å². The van der Waals surface area contributed by atoms with Crippen molar-refractivity contribution in [3.8, 4) is 5.69 Å². The zero-order chi connectivity index (χ0) is 12.6. The minimum Gasteiger partial charge on any atom is -0.477 e. The van der Waals surface area contributed by atoms with E-state index in [1.807, 2.05) is 25.1 Å². The van der Waals surface area contributed by atoms with Gasteiger partial charge in [-0.15, -0.1) is 0 Å². The average Bonchev–Trinajstić information content (AvgIpc) is 2.64. The maximum Gasteiger partial charge on any atom is 0.354 e. The molecule has 5 heteroatoms. The molecule has 1 heterocycles. The molecule has 0 aliphatic heterocycles. The lowest BCUT2D eigenvalue weighted by Crippen LogP contribution is -2.07. The van der Waals surface area contributed by atoms with Crippen LogP contribution < -0.4 is 0 Å². The van der Waals surface area contributed by atoms with Crippen molar-refractivity contribution < 1.29 is 9.90 Å². The largest absolute Gasteiger partial charge is 0.477 e. The number of benzene rings is 1. The predicted molar refractivity (Wildman–Crippen MR) is 67.7 cm³/mol. The Morgan fingerprint density at radius 2 is 2.12 bits per heavy atom. The molecule has 0 saturated heterocycles. The van der Waals surface area contributed by atoms with E-state index in [1.54, 1.807) is 11.5 Å². The third-order valence-electron chi connectivity index (χ3n) is 2.57. The van der Waals surface area contributed by atoms with E-state index >= 15 is 0 Å². The van der Waals surface area contributed by atoms with Crippen LogP contribution in [0, 0.1) is 13.8 Å². The first-order valence-corrected chi connectivity index (χ1v) is 5.83. The molecule has 1 aromatic carbocycles. The Morgan fingerprint density at radius 3 is 2.71 bits per heavy atom. The van der Waals surface area contributed by atoms with Gasteiger partial charge in [0.15, 0.2) is 5.69 Å². The van der Waals surface area contributed by atoms with Gasteiger partial charge in [-0.25, -0.2) is 9.78 Å². The van der Waals surface area contributed by atoms with Gasteiger partial charge in [0.25, 0.3) is 0 Å². The number of halogens is 1. The zero-order valence-electron chi connectivity index (χ0n) is 9.44. The van der Waals surface area contributed by atoms with Crippen LogP contribution in [-0.2, 0) is 0 Å². The predicted octanol–water partition coefficient (Wildman–Crippen LogP) is 2.95. The first kappa shape index (κ1) is 11.9. The molecule has 0 unspecified atom stereocenters. The van der Waals surface area contributed by atoms with Crippen molar-refractivity contribution in [3.63, 3.8) is 0 Å². The molecule has 2 rings (SSSR count). The van der Waals surface area contributed by atoms with Crippen molar-refractivity contribution in [3.05, 3.63) is 46.0 Å². The number of rotatable bonds is 2. The van der Waals surface area contributed by atoms with Crippen LogP contribution in [0.3, 0.4) is 0 Å². The molecule has 0 aliphatic rings. The van der Waals surface area contributed by atoms with E-state index in [4.69, 9.17) is 5.11 Å². The normalized spacial score (nSPS) is 10.5. The number of hydrogen-bond donors (Lipinski definition) is 1. The average molecular weight is 295 g/mol. The molecule has 4 nitrogen and oxygen atoms in total. The lowest BCUT2D eigenvalue weighted by atomic mass is 10.2. The second-order valence-electron chi connectivity index (χ2n) is 3.79. The molecule has 2 aromatic rings. The third-order valence-corrected chi connectivity index (χ3v) is 3.46. The minimum atomic E-state index is -0.972. The van der Waals surface area contributed by atoms with Crippen LogP contribution in [-0.4, -0.2) is 20.6 Å². The van der Waals surface area contributed by atoms with Crippen molar-refractivity contribution in [1.29, 1.82) is 0 Å². The van der Waals surface area contributed by atoms with E-state index in [9.17, 15) is 4.79 Å². The van der Waals surface area contributed by atoms with Crippen molar-refractivity contribution in [1.82, 2.24) is 9.55 Å². The van der Waals surface area contributed by atoms with Gasteiger partial charge in [0.2, 0.25) is 0 Å². The molecule has 17 heavy (non-hydrogen) atoms. The Hall–Kier alpha value is -1.62. The van der Waals surface area contributed by atoms with Gasteiger partial charge in [-0.3, -0.25) is 4.57 Å². The number of carboxylic acids is 1. The summed E-state index contributed by atoms with van der Waals surface area (Å²) in [7, 11) is 0. The van der Waals surface area contributed by atoms with Gasteiger partial charge in [-0.2, -0.15) is 0 Å². The summed E-state index contributed by atoms with van der Waals surface area (Å²) < 4.78 is 2.58. The molecule has 1 aromatic heterocycles. The Morgan fingerprint density at radius 1 is 1.41 bits per heavy atom. The Bertz CT molecular complexity index is 590. The fourth-order valence-corrected chi connectivity index (χ4v) is 1.92. The lowest BCUT2D eigenvalue weighted by Gasteiger charge is -2.07. The van der Waals surface area contributed by atoms with Gasteiger partial charge in [-0.05, 0) is 37.6 Å². The standard InChI is InChI=1S/C12H11BrN2O2/c1-7-5-9(3-4-10(7)13)15-6-14-8(2)11(15)12(16)17/h3-6H,1-2H3,(H,16,17). The van der Waals surface area contributed by atoms with E-state index in [1.165, 1.54) is 6.33 Å². The van der Waals surface area contributed by atoms with Crippen molar-refractivity contribution in [2.24, 2.45) is 0 Å². The fourth-order valence-electron chi connectivity index (χ4n) is 1.67. The summed E-state index contributed by atoms with van der Waals surface area (Å²) in [5, 5.41) is 9.15. The molecular formula is C12H11BrN2O2. The molecule has 0 aliphatic carbocycles. The molecule has 0 bridgehead atoms. The third kappa shape index (κ3) is 2.10. The lowest BCUT2D eigenvalue weighted by molar-refractivity contribution is 0.0687. The second kappa shape index (κ2) is 4.33. The summed E-state index contributed by atoms with van der Waals surface area (Å²) in [6.45, 7) is 3.64. The van der Waals surface area contributed by atoms with Crippen LogP contribution in [0.2, 0.25) is 0 Å². The van der Waals surface area contributed by atoms with Gasteiger partial charge in [0.1, 0.15) is 6.33 Å². The number of aromatic carboxylic acids is 1. The first-order chi connectivity index (χ1) is 8.00. The molecular weight excluding hydrogens is 284 g/mol. The summed E-state index contributed by atoms with van der Waals surface area (Å²) in [4.78, 5) is 15.2. The molecule has 0 fully saturated rings. The molecule has 0 atom stereocenters. The second-order valence-corrected chi connectivity index (χ2v) is 4.64. The van der Waals surface area contributed by atoms with Crippen LogP contribution in [0.25, 0.3) is 5.69 Å². The highest BCUT2D eigenvalue weighted by Gasteiger charge is 2.16. The maximum absolute atomic E-state index is 11.2.